The first-order valence-electron chi connectivity index (χ1n) is 10.4. The van der Waals surface area contributed by atoms with E-state index in [4.69, 9.17) is 9.72 Å². The molecule has 7 heteroatoms. The Morgan fingerprint density at radius 1 is 1.23 bits per heavy atom. The molecule has 7 nitrogen and oxygen atoms in total. The van der Waals surface area contributed by atoms with Crippen LogP contribution >= 0.6 is 0 Å². The fraction of sp³-hybridized carbons (Fsp3) is 0.391. The number of aryl methyl sites for hydroxylation is 1. The summed E-state index contributed by atoms with van der Waals surface area (Å²) in [6.45, 7) is 5.93. The number of aromatic nitrogens is 3. The van der Waals surface area contributed by atoms with Crippen molar-refractivity contribution in [2.24, 2.45) is 5.92 Å². The van der Waals surface area contributed by atoms with Crippen LogP contribution in [-0.2, 0) is 16.1 Å². The maximum Gasteiger partial charge on any atom is 0.339 e. The Morgan fingerprint density at radius 3 is 2.77 bits per heavy atom. The van der Waals surface area contributed by atoms with Crippen LogP contribution in [0.2, 0.25) is 0 Å². The molecular formula is C23H26N4O3. The lowest BCUT2D eigenvalue weighted by atomic mass is 10.0. The predicted molar refractivity (Wildman–Crippen MR) is 114 cm³/mol. The van der Waals surface area contributed by atoms with Crippen molar-refractivity contribution in [2.45, 2.75) is 33.2 Å². The van der Waals surface area contributed by atoms with Gasteiger partial charge in [-0.15, -0.1) is 0 Å². The molecule has 2 aromatic heterocycles. The Hall–Kier alpha value is -3.22. The van der Waals surface area contributed by atoms with Crippen LogP contribution < -0.4 is 0 Å². The summed E-state index contributed by atoms with van der Waals surface area (Å²) in [5.74, 6) is -0.201. The lowest BCUT2D eigenvalue weighted by Crippen LogP contribution is -2.41. The Labute approximate surface area is 175 Å². The van der Waals surface area contributed by atoms with E-state index in [1.54, 1.807) is 21.8 Å². The quantitative estimate of drug-likeness (QED) is 0.606. The molecule has 1 unspecified atom stereocenters. The monoisotopic (exact) mass is 406 g/mol. The van der Waals surface area contributed by atoms with E-state index in [9.17, 15) is 9.59 Å². The number of rotatable bonds is 5. The highest BCUT2D eigenvalue weighted by molar-refractivity contribution is 6.04. The van der Waals surface area contributed by atoms with Crippen molar-refractivity contribution in [3.8, 4) is 11.3 Å². The Kier molecular flexibility index (Phi) is 5.79. The minimum absolute atomic E-state index is 0.146. The average Bonchev–Trinajstić information content (AvgIpc) is 3.20. The summed E-state index contributed by atoms with van der Waals surface area (Å²) in [6, 6.07) is 11.4. The third-order valence-corrected chi connectivity index (χ3v) is 5.53. The molecule has 1 aliphatic rings. The molecule has 3 heterocycles. The number of hydrogen-bond acceptors (Lipinski definition) is 5. The number of hydrogen-bond donors (Lipinski definition) is 0. The molecule has 1 aliphatic heterocycles. The molecule has 1 atom stereocenters. The SMILES string of the molecule is CCn1ncc2c(C(=O)OCC(=O)N3CCCC(C)C3)cc(-c3ccccc3)nc21. The zero-order chi connectivity index (χ0) is 21.1. The molecule has 30 heavy (non-hydrogen) atoms. The number of pyridine rings is 1. The van der Waals surface area contributed by atoms with Crippen LogP contribution in [0.15, 0.2) is 42.6 Å². The first kappa shape index (κ1) is 20.1. The number of ether oxygens (including phenoxy) is 1. The number of benzene rings is 1. The van der Waals surface area contributed by atoms with Gasteiger partial charge in [-0.1, -0.05) is 37.3 Å². The number of piperidine rings is 1. The van der Waals surface area contributed by atoms with Crippen molar-refractivity contribution >= 4 is 22.9 Å². The number of carbonyl (C=O) groups excluding carboxylic acids is 2. The maximum atomic E-state index is 12.9. The van der Waals surface area contributed by atoms with Crippen molar-refractivity contribution < 1.29 is 14.3 Å². The number of carbonyl (C=O) groups is 2. The molecule has 0 radical (unpaired) electrons. The summed E-state index contributed by atoms with van der Waals surface area (Å²) < 4.78 is 7.17. The first-order chi connectivity index (χ1) is 14.6. The minimum Gasteiger partial charge on any atom is -0.452 e. The van der Waals surface area contributed by atoms with Gasteiger partial charge in [-0.25, -0.2) is 14.5 Å². The zero-order valence-corrected chi connectivity index (χ0v) is 17.4. The van der Waals surface area contributed by atoms with Gasteiger partial charge >= 0.3 is 5.97 Å². The van der Waals surface area contributed by atoms with E-state index in [1.807, 2.05) is 37.3 Å². The summed E-state index contributed by atoms with van der Waals surface area (Å²) in [4.78, 5) is 31.9. The van der Waals surface area contributed by atoms with Gasteiger partial charge in [0.1, 0.15) is 0 Å². The second kappa shape index (κ2) is 8.65. The predicted octanol–water partition coefficient (Wildman–Crippen LogP) is 3.53. The molecule has 0 spiro atoms. The molecule has 4 rings (SSSR count). The van der Waals surface area contributed by atoms with Crippen LogP contribution in [0.3, 0.4) is 0 Å². The molecule has 0 bridgehead atoms. The maximum absolute atomic E-state index is 12.9. The second-order valence-corrected chi connectivity index (χ2v) is 7.78. The highest BCUT2D eigenvalue weighted by atomic mass is 16.5. The fourth-order valence-corrected chi connectivity index (χ4v) is 3.92. The third-order valence-electron chi connectivity index (χ3n) is 5.53. The van der Waals surface area contributed by atoms with Gasteiger partial charge in [-0.2, -0.15) is 5.10 Å². The molecule has 0 aliphatic carbocycles. The van der Waals surface area contributed by atoms with Crippen molar-refractivity contribution in [1.29, 1.82) is 0 Å². The van der Waals surface area contributed by atoms with E-state index in [-0.39, 0.29) is 12.5 Å². The smallest absolute Gasteiger partial charge is 0.339 e. The van der Waals surface area contributed by atoms with Crippen LogP contribution in [0, 0.1) is 5.92 Å². The van der Waals surface area contributed by atoms with Gasteiger partial charge in [-0.3, -0.25) is 4.79 Å². The number of amides is 1. The summed E-state index contributed by atoms with van der Waals surface area (Å²) in [6.07, 6.45) is 3.75. The van der Waals surface area contributed by atoms with Gasteiger partial charge in [0, 0.05) is 25.2 Å². The summed E-state index contributed by atoms with van der Waals surface area (Å²) >= 11 is 0. The zero-order valence-electron chi connectivity index (χ0n) is 17.4. The van der Waals surface area contributed by atoms with E-state index in [1.165, 1.54) is 0 Å². The molecule has 3 aromatic rings. The molecule has 0 saturated carbocycles. The number of nitrogens with zero attached hydrogens (tertiary/aromatic N) is 4. The fourth-order valence-electron chi connectivity index (χ4n) is 3.92. The van der Waals surface area contributed by atoms with Gasteiger partial charge in [0.2, 0.25) is 0 Å². The highest BCUT2D eigenvalue weighted by Gasteiger charge is 2.23. The normalized spacial score (nSPS) is 16.6. The highest BCUT2D eigenvalue weighted by Crippen LogP contribution is 2.25. The van der Waals surface area contributed by atoms with E-state index in [2.05, 4.69) is 12.0 Å². The van der Waals surface area contributed by atoms with Crippen molar-refractivity contribution in [2.75, 3.05) is 19.7 Å². The molecule has 1 amide bonds. The largest absolute Gasteiger partial charge is 0.452 e. The van der Waals surface area contributed by atoms with Gasteiger partial charge in [0.15, 0.2) is 12.3 Å². The Bertz CT molecular complexity index is 1060. The van der Waals surface area contributed by atoms with Crippen molar-refractivity contribution in [3.05, 3.63) is 48.2 Å². The van der Waals surface area contributed by atoms with E-state index in [0.29, 0.717) is 34.8 Å². The van der Waals surface area contributed by atoms with Crippen LogP contribution in [0.5, 0.6) is 0 Å². The van der Waals surface area contributed by atoms with E-state index in [0.717, 1.165) is 31.5 Å². The van der Waals surface area contributed by atoms with Crippen LogP contribution in [0.4, 0.5) is 0 Å². The molecule has 1 aromatic carbocycles. The number of esters is 1. The lowest BCUT2D eigenvalue weighted by molar-refractivity contribution is -0.136. The molecule has 1 saturated heterocycles. The summed E-state index contributed by atoms with van der Waals surface area (Å²) in [5.41, 5.74) is 2.57. The van der Waals surface area contributed by atoms with E-state index >= 15 is 0 Å². The summed E-state index contributed by atoms with van der Waals surface area (Å²) in [7, 11) is 0. The number of fused-ring (bicyclic) bond motifs is 1. The van der Waals surface area contributed by atoms with Crippen LogP contribution in [-0.4, -0.2) is 51.2 Å². The second-order valence-electron chi connectivity index (χ2n) is 7.78. The Morgan fingerprint density at radius 2 is 2.03 bits per heavy atom. The molecule has 1 fully saturated rings. The average molecular weight is 406 g/mol. The van der Waals surface area contributed by atoms with Gasteiger partial charge in [0.25, 0.3) is 5.91 Å². The van der Waals surface area contributed by atoms with Gasteiger partial charge in [-0.05, 0) is 31.7 Å². The van der Waals surface area contributed by atoms with E-state index < -0.39 is 5.97 Å². The first-order valence-corrected chi connectivity index (χ1v) is 10.4. The Balaban J connectivity index is 1.60. The van der Waals surface area contributed by atoms with Crippen molar-refractivity contribution in [1.82, 2.24) is 19.7 Å². The van der Waals surface area contributed by atoms with Crippen molar-refractivity contribution in [3.63, 3.8) is 0 Å². The van der Waals surface area contributed by atoms with Gasteiger partial charge < -0.3 is 9.64 Å². The minimum atomic E-state index is -0.534. The van der Waals surface area contributed by atoms with Crippen LogP contribution in [0.1, 0.15) is 37.0 Å². The third kappa shape index (κ3) is 4.06. The number of likely N-dealkylation sites (tertiary alicyclic amines) is 1. The molecule has 0 N–H and O–H groups in total. The lowest BCUT2D eigenvalue weighted by Gasteiger charge is -2.30. The van der Waals surface area contributed by atoms with Crippen LogP contribution in [0.25, 0.3) is 22.3 Å². The van der Waals surface area contributed by atoms with Gasteiger partial charge in [0.05, 0.1) is 22.8 Å². The standard InChI is InChI=1S/C23H26N4O3/c1-3-27-22-19(13-24-27)18(12-20(25-22)17-9-5-4-6-10-17)23(29)30-15-21(28)26-11-7-8-16(2)14-26/h4-6,9-10,12-13,16H,3,7-8,11,14-15H2,1-2H3. The summed E-state index contributed by atoms with van der Waals surface area (Å²) in [5, 5.41) is 4.97. The molecule has 156 valence electrons. The topological polar surface area (TPSA) is 77.3 Å². The molecular weight excluding hydrogens is 380 g/mol.